The molecule has 1 saturated carbocycles. The van der Waals surface area contributed by atoms with Gasteiger partial charge in [-0.2, -0.15) is 0 Å². The molecule has 1 aromatic carbocycles. The van der Waals surface area contributed by atoms with Crippen LogP contribution in [0.5, 0.6) is 5.75 Å². The van der Waals surface area contributed by atoms with Gasteiger partial charge in [0.05, 0.1) is 0 Å². The molecule has 1 aliphatic carbocycles. The van der Waals surface area contributed by atoms with E-state index in [0.29, 0.717) is 11.3 Å². The van der Waals surface area contributed by atoms with Gasteiger partial charge < -0.3 is 14.8 Å². The zero-order valence-electron chi connectivity index (χ0n) is 15.5. The van der Waals surface area contributed by atoms with Crippen molar-refractivity contribution in [2.24, 2.45) is 0 Å². The van der Waals surface area contributed by atoms with Crippen molar-refractivity contribution in [2.45, 2.75) is 64.5 Å². The summed E-state index contributed by atoms with van der Waals surface area (Å²) in [5, 5.41) is 2.97. The van der Waals surface area contributed by atoms with E-state index in [1.165, 1.54) is 19.8 Å². The molecule has 26 heavy (non-hydrogen) atoms. The highest BCUT2D eigenvalue weighted by Gasteiger charge is 2.22. The van der Waals surface area contributed by atoms with Gasteiger partial charge in [0, 0.05) is 11.6 Å². The monoisotopic (exact) mass is 361 g/mol. The number of nitrogens with one attached hydrogen (secondary N) is 1. The van der Waals surface area contributed by atoms with Gasteiger partial charge in [0.25, 0.3) is 5.91 Å². The van der Waals surface area contributed by atoms with Gasteiger partial charge >= 0.3 is 5.97 Å². The minimum atomic E-state index is -0.852. The number of ether oxygens (including phenoxy) is 2. The number of rotatable bonds is 7. The molecule has 1 amide bonds. The Labute approximate surface area is 154 Å². The van der Waals surface area contributed by atoms with Gasteiger partial charge in [-0.3, -0.25) is 9.59 Å². The molecule has 0 unspecified atom stereocenters. The van der Waals surface area contributed by atoms with Crippen molar-refractivity contribution in [3.8, 4) is 5.75 Å². The van der Waals surface area contributed by atoms with Gasteiger partial charge in [-0.25, -0.2) is 4.79 Å². The standard InChI is InChI=1S/C20H27NO5/c1-14(22)16-9-11-18(12-10-16)25-13-19(23)26-15(2)20(24)21-17-7-5-3-4-6-8-17/h9-12,15,17H,3-8,13H2,1-2H3,(H,21,24)/t15-/m1/s1. The SMILES string of the molecule is CC(=O)c1ccc(OCC(=O)O[C@H](C)C(=O)NC2CCCCCC2)cc1. The number of hydrogen-bond donors (Lipinski definition) is 1. The van der Waals surface area contributed by atoms with Crippen LogP contribution in [0.15, 0.2) is 24.3 Å². The zero-order chi connectivity index (χ0) is 18.9. The maximum absolute atomic E-state index is 12.2. The lowest BCUT2D eigenvalue weighted by molar-refractivity contribution is -0.156. The first kappa shape index (κ1) is 19.9. The average molecular weight is 361 g/mol. The molecule has 2 rings (SSSR count). The fourth-order valence-electron chi connectivity index (χ4n) is 2.96. The maximum atomic E-state index is 12.2. The second-order valence-corrected chi connectivity index (χ2v) is 6.70. The Morgan fingerprint density at radius 2 is 1.69 bits per heavy atom. The third-order valence-corrected chi connectivity index (χ3v) is 4.50. The molecule has 1 aliphatic rings. The minimum absolute atomic E-state index is 0.0375. The van der Waals surface area contributed by atoms with Crippen LogP contribution in [0.25, 0.3) is 0 Å². The highest BCUT2D eigenvalue weighted by atomic mass is 16.6. The van der Waals surface area contributed by atoms with E-state index in [1.54, 1.807) is 31.2 Å². The highest BCUT2D eigenvalue weighted by Crippen LogP contribution is 2.17. The van der Waals surface area contributed by atoms with Gasteiger partial charge in [-0.1, -0.05) is 25.7 Å². The molecule has 0 aliphatic heterocycles. The van der Waals surface area contributed by atoms with Crippen molar-refractivity contribution in [3.05, 3.63) is 29.8 Å². The van der Waals surface area contributed by atoms with Crippen molar-refractivity contribution in [1.29, 1.82) is 0 Å². The molecular weight excluding hydrogens is 334 g/mol. The smallest absolute Gasteiger partial charge is 0.344 e. The summed E-state index contributed by atoms with van der Waals surface area (Å²) in [7, 11) is 0. The Kier molecular flexibility index (Phi) is 7.63. The molecule has 1 aromatic rings. The second kappa shape index (κ2) is 9.94. The summed E-state index contributed by atoms with van der Waals surface area (Å²) in [6.45, 7) is 2.75. The number of esters is 1. The van der Waals surface area contributed by atoms with Crippen molar-refractivity contribution >= 4 is 17.7 Å². The van der Waals surface area contributed by atoms with Gasteiger partial charge in [0.2, 0.25) is 0 Å². The Hall–Kier alpha value is -2.37. The molecule has 6 nitrogen and oxygen atoms in total. The number of amides is 1. The fourth-order valence-corrected chi connectivity index (χ4v) is 2.96. The summed E-state index contributed by atoms with van der Waals surface area (Å²) in [5.41, 5.74) is 0.573. The van der Waals surface area contributed by atoms with Crippen LogP contribution in [0.3, 0.4) is 0 Å². The number of benzene rings is 1. The number of carbonyl (C=O) groups is 3. The van der Waals surface area contributed by atoms with Crippen LogP contribution in [0.4, 0.5) is 0 Å². The maximum Gasteiger partial charge on any atom is 0.344 e. The molecule has 1 N–H and O–H groups in total. The molecule has 0 saturated heterocycles. The Morgan fingerprint density at radius 3 is 2.27 bits per heavy atom. The van der Waals surface area contributed by atoms with Gasteiger partial charge in [-0.15, -0.1) is 0 Å². The number of carbonyl (C=O) groups excluding carboxylic acids is 3. The number of Topliss-reactive ketones (excluding diaryl/α,β-unsaturated/α-hetero) is 1. The lowest BCUT2D eigenvalue weighted by atomic mass is 10.1. The van der Waals surface area contributed by atoms with E-state index in [0.717, 1.165) is 25.7 Å². The summed E-state index contributed by atoms with van der Waals surface area (Å²) in [5.74, 6) is -0.452. The molecule has 0 aromatic heterocycles. The Morgan fingerprint density at radius 1 is 1.08 bits per heavy atom. The summed E-state index contributed by atoms with van der Waals surface area (Å²) >= 11 is 0. The van der Waals surface area contributed by atoms with Gasteiger partial charge in [0.15, 0.2) is 18.5 Å². The van der Waals surface area contributed by atoms with Gasteiger partial charge in [0.1, 0.15) is 5.75 Å². The van der Waals surface area contributed by atoms with Gasteiger partial charge in [-0.05, 0) is 51.0 Å². The lowest BCUT2D eigenvalue weighted by Crippen LogP contribution is -2.42. The van der Waals surface area contributed by atoms with Crippen molar-refractivity contribution in [2.75, 3.05) is 6.61 Å². The van der Waals surface area contributed by atoms with Crippen LogP contribution in [-0.4, -0.2) is 36.4 Å². The molecule has 0 heterocycles. The van der Waals surface area contributed by atoms with Crippen LogP contribution in [0.1, 0.15) is 62.7 Å². The first-order valence-corrected chi connectivity index (χ1v) is 9.19. The molecule has 1 atom stereocenters. The van der Waals surface area contributed by atoms with Crippen LogP contribution >= 0.6 is 0 Å². The minimum Gasteiger partial charge on any atom is -0.482 e. The van der Waals surface area contributed by atoms with E-state index in [1.807, 2.05) is 0 Å². The topological polar surface area (TPSA) is 81.7 Å². The first-order valence-electron chi connectivity index (χ1n) is 9.19. The van der Waals surface area contributed by atoms with Crippen LogP contribution in [-0.2, 0) is 14.3 Å². The number of ketones is 1. The van der Waals surface area contributed by atoms with Crippen LogP contribution < -0.4 is 10.1 Å². The predicted octanol–water partition coefficient (Wildman–Crippen LogP) is 3.04. The molecule has 6 heteroatoms. The summed E-state index contributed by atoms with van der Waals surface area (Å²) < 4.78 is 10.5. The fraction of sp³-hybridized carbons (Fsp3) is 0.550. The summed E-state index contributed by atoms with van der Waals surface area (Å²) in [6.07, 6.45) is 5.76. The molecule has 0 radical (unpaired) electrons. The molecule has 0 bridgehead atoms. The highest BCUT2D eigenvalue weighted by molar-refractivity contribution is 5.94. The van der Waals surface area contributed by atoms with E-state index in [2.05, 4.69) is 5.32 Å². The van der Waals surface area contributed by atoms with Crippen molar-refractivity contribution in [1.82, 2.24) is 5.32 Å². The molecule has 142 valence electrons. The summed E-state index contributed by atoms with van der Waals surface area (Å²) in [6, 6.07) is 6.66. The van der Waals surface area contributed by atoms with Crippen LogP contribution in [0, 0.1) is 0 Å². The Bertz CT molecular complexity index is 618. The van der Waals surface area contributed by atoms with Crippen molar-refractivity contribution < 1.29 is 23.9 Å². The third kappa shape index (κ3) is 6.50. The summed E-state index contributed by atoms with van der Waals surface area (Å²) in [4.78, 5) is 35.3. The molecular formula is C20H27NO5. The van der Waals surface area contributed by atoms with Crippen molar-refractivity contribution in [3.63, 3.8) is 0 Å². The zero-order valence-corrected chi connectivity index (χ0v) is 15.5. The number of hydrogen-bond acceptors (Lipinski definition) is 5. The molecule has 0 spiro atoms. The second-order valence-electron chi connectivity index (χ2n) is 6.70. The predicted molar refractivity (Wildman–Crippen MR) is 97.1 cm³/mol. The van der Waals surface area contributed by atoms with E-state index < -0.39 is 12.1 Å². The normalized spacial score (nSPS) is 16.2. The van der Waals surface area contributed by atoms with E-state index in [4.69, 9.17) is 9.47 Å². The third-order valence-electron chi connectivity index (χ3n) is 4.50. The van der Waals surface area contributed by atoms with E-state index in [9.17, 15) is 14.4 Å². The average Bonchev–Trinajstić information content (AvgIpc) is 2.89. The quantitative estimate of drug-likeness (QED) is 0.459. The largest absolute Gasteiger partial charge is 0.482 e. The van der Waals surface area contributed by atoms with Crippen LogP contribution in [0.2, 0.25) is 0 Å². The van der Waals surface area contributed by atoms with E-state index in [-0.39, 0.29) is 24.3 Å². The molecule has 1 fully saturated rings. The van der Waals surface area contributed by atoms with E-state index >= 15 is 0 Å². The Balaban J connectivity index is 1.73. The lowest BCUT2D eigenvalue weighted by Gasteiger charge is -2.19. The first-order chi connectivity index (χ1) is 12.5.